The van der Waals surface area contributed by atoms with E-state index in [9.17, 15) is 5.11 Å². The highest BCUT2D eigenvalue weighted by Gasteiger charge is 2.55. The summed E-state index contributed by atoms with van der Waals surface area (Å²) in [6.07, 6.45) is 5.49. The summed E-state index contributed by atoms with van der Waals surface area (Å²) in [4.78, 5) is 0. The van der Waals surface area contributed by atoms with Gasteiger partial charge >= 0.3 is 0 Å². The van der Waals surface area contributed by atoms with Crippen LogP contribution in [0.1, 0.15) is 43.8 Å². The fourth-order valence-corrected chi connectivity index (χ4v) is 4.72. The van der Waals surface area contributed by atoms with E-state index in [-0.39, 0.29) is 11.7 Å². The maximum absolute atomic E-state index is 10.4. The van der Waals surface area contributed by atoms with Gasteiger partial charge in [0.15, 0.2) is 0 Å². The predicted molar refractivity (Wildman–Crippen MR) is 72.5 cm³/mol. The van der Waals surface area contributed by atoms with Crippen LogP contribution in [0, 0.1) is 11.8 Å². The Balaban J connectivity index is 1.74. The Kier molecular flexibility index (Phi) is 2.34. The Hall–Kier alpha value is -0.540. The molecule has 1 N–H and O–H groups in total. The van der Waals surface area contributed by atoms with E-state index in [4.69, 9.17) is 4.74 Å². The second kappa shape index (κ2) is 3.73. The van der Waals surface area contributed by atoms with Crippen LogP contribution in [0.3, 0.4) is 0 Å². The molecule has 96 valence electrons. The predicted octanol–water partition coefficient (Wildman–Crippen LogP) is 3.82. The quantitative estimate of drug-likeness (QED) is 0.789. The number of aliphatic hydroxyl groups excluding tert-OH is 1. The van der Waals surface area contributed by atoms with Crippen LogP contribution in [0.2, 0.25) is 0 Å². The third-order valence-corrected chi connectivity index (χ3v) is 5.60. The minimum absolute atomic E-state index is 0.0663. The summed E-state index contributed by atoms with van der Waals surface area (Å²) in [5.41, 5.74) is 0.876. The van der Waals surface area contributed by atoms with Crippen molar-refractivity contribution in [3.63, 3.8) is 0 Å². The third kappa shape index (κ3) is 1.50. The monoisotopic (exact) mass is 308 g/mol. The molecule has 0 radical (unpaired) electrons. The first kappa shape index (κ1) is 11.3. The zero-order chi connectivity index (χ0) is 12.3. The highest BCUT2D eigenvalue weighted by atomic mass is 79.9. The van der Waals surface area contributed by atoms with Crippen LogP contribution in [0.15, 0.2) is 22.7 Å². The van der Waals surface area contributed by atoms with Gasteiger partial charge in [0.2, 0.25) is 0 Å². The topological polar surface area (TPSA) is 29.5 Å². The van der Waals surface area contributed by atoms with Crippen molar-refractivity contribution < 1.29 is 9.84 Å². The molecule has 0 aromatic heterocycles. The molecular formula is C15H17BrO2. The molecule has 2 aliphatic carbocycles. The van der Waals surface area contributed by atoms with Crippen molar-refractivity contribution in [1.29, 1.82) is 0 Å². The molecular weight excluding hydrogens is 292 g/mol. The van der Waals surface area contributed by atoms with Crippen LogP contribution in [0.5, 0.6) is 5.75 Å². The summed E-state index contributed by atoms with van der Waals surface area (Å²) in [6.45, 7) is 0. The fraction of sp³-hybridized carbons (Fsp3) is 0.600. The van der Waals surface area contributed by atoms with Crippen LogP contribution in [0.25, 0.3) is 0 Å². The van der Waals surface area contributed by atoms with Gasteiger partial charge in [-0.05, 0) is 55.7 Å². The van der Waals surface area contributed by atoms with E-state index >= 15 is 0 Å². The Morgan fingerprint density at radius 2 is 2.17 bits per heavy atom. The largest absolute Gasteiger partial charge is 0.486 e. The Labute approximate surface area is 115 Å². The molecule has 2 nitrogen and oxygen atoms in total. The first-order chi connectivity index (χ1) is 8.66. The van der Waals surface area contributed by atoms with Crippen LogP contribution in [0.4, 0.5) is 0 Å². The molecule has 0 saturated heterocycles. The van der Waals surface area contributed by atoms with Gasteiger partial charge in [0.05, 0.1) is 6.10 Å². The highest BCUT2D eigenvalue weighted by Crippen LogP contribution is 2.58. The minimum atomic E-state index is -0.370. The van der Waals surface area contributed by atoms with Gasteiger partial charge in [-0.3, -0.25) is 0 Å². The van der Waals surface area contributed by atoms with Crippen LogP contribution < -0.4 is 4.74 Å². The maximum Gasteiger partial charge on any atom is 0.126 e. The van der Waals surface area contributed by atoms with Gasteiger partial charge in [-0.25, -0.2) is 0 Å². The molecule has 3 aliphatic rings. The van der Waals surface area contributed by atoms with Crippen molar-refractivity contribution in [3.05, 3.63) is 28.2 Å². The summed E-state index contributed by atoms with van der Waals surface area (Å²) < 4.78 is 7.37. The van der Waals surface area contributed by atoms with Gasteiger partial charge in [-0.15, -0.1) is 0 Å². The summed E-state index contributed by atoms with van der Waals surface area (Å²) in [6, 6.07) is 5.98. The first-order valence-electron chi connectivity index (χ1n) is 6.83. The van der Waals surface area contributed by atoms with Gasteiger partial charge in [-0.2, -0.15) is 0 Å². The standard InChI is InChI=1S/C15H17BrO2/c16-11-3-4-14-12(6-11)13(17)8-15(18-14)7-9-1-2-10(15)5-9/h3-4,6,9-10,13,17H,1-2,5,7-8H2. The number of fused-ring (bicyclic) bond motifs is 4. The molecule has 4 rings (SSSR count). The van der Waals surface area contributed by atoms with Crippen molar-refractivity contribution >= 4 is 15.9 Å². The summed E-state index contributed by atoms with van der Waals surface area (Å²) in [5.74, 6) is 2.39. The Bertz CT molecular complexity index is 501. The Morgan fingerprint density at radius 3 is 2.89 bits per heavy atom. The lowest BCUT2D eigenvalue weighted by Crippen LogP contribution is -2.45. The van der Waals surface area contributed by atoms with Crippen LogP contribution in [-0.4, -0.2) is 10.7 Å². The van der Waals surface area contributed by atoms with E-state index < -0.39 is 0 Å². The molecule has 2 saturated carbocycles. The average Bonchev–Trinajstić information content (AvgIpc) is 2.91. The van der Waals surface area contributed by atoms with Crippen molar-refractivity contribution in [2.45, 2.75) is 43.8 Å². The highest BCUT2D eigenvalue weighted by molar-refractivity contribution is 9.10. The normalized spacial score (nSPS) is 40.9. The lowest BCUT2D eigenvalue weighted by molar-refractivity contribution is -0.0509. The molecule has 3 heteroatoms. The molecule has 2 fully saturated rings. The van der Waals surface area contributed by atoms with Crippen molar-refractivity contribution in [3.8, 4) is 5.75 Å². The molecule has 1 aromatic rings. The molecule has 0 amide bonds. The molecule has 1 aromatic carbocycles. The summed E-state index contributed by atoms with van der Waals surface area (Å²) >= 11 is 3.46. The first-order valence-corrected chi connectivity index (χ1v) is 7.62. The molecule has 18 heavy (non-hydrogen) atoms. The second-order valence-corrected chi connectivity index (χ2v) is 7.06. The molecule has 1 heterocycles. The van der Waals surface area contributed by atoms with E-state index in [1.807, 2.05) is 18.2 Å². The molecule has 1 spiro atoms. The number of hydrogen-bond donors (Lipinski definition) is 1. The molecule has 4 unspecified atom stereocenters. The zero-order valence-corrected chi connectivity index (χ0v) is 11.8. The maximum atomic E-state index is 10.4. The van der Waals surface area contributed by atoms with Crippen molar-refractivity contribution in [2.24, 2.45) is 11.8 Å². The van der Waals surface area contributed by atoms with Crippen LogP contribution in [-0.2, 0) is 0 Å². The van der Waals surface area contributed by atoms with E-state index in [2.05, 4.69) is 15.9 Å². The Morgan fingerprint density at radius 1 is 1.28 bits per heavy atom. The molecule has 2 bridgehead atoms. The summed E-state index contributed by atoms with van der Waals surface area (Å²) in [5, 5.41) is 10.4. The minimum Gasteiger partial charge on any atom is -0.486 e. The number of benzene rings is 1. The fourth-order valence-electron chi connectivity index (χ4n) is 4.34. The van der Waals surface area contributed by atoms with Gasteiger partial charge < -0.3 is 9.84 Å². The third-order valence-electron chi connectivity index (χ3n) is 5.10. The number of halogens is 1. The van der Waals surface area contributed by atoms with Crippen molar-refractivity contribution in [2.75, 3.05) is 0 Å². The van der Waals surface area contributed by atoms with E-state index in [0.717, 1.165) is 34.5 Å². The summed E-state index contributed by atoms with van der Waals surface area (Å²) in [7, 11) is 0. The molecule has 1 aliphatic heterocycles. The van der Waals surface area contributed by atoms with Gasteiger partial charge in [-0.1, -0.05) is 15.9 Å². The second-order valence-electron chi connectivity index (χ2n) is 6.15. The zero-order valence-electron chi connectivity index (χ0n) is 10.2. The number of rotatable bonds is 0. The van der Waals surface area contributed by atoms with Crippen molar-refractivity contribution in [1.82, 2.24) is 0 Å². The van der Waals surface area contributed by atoms with E-state index in [1.54, 1.807) is 0 Å². The van der Waals surface area contributed by atoms with E-state index in [1.165, 1.54) is 19.3 Å². The SMILES string of the molecule is OC1CC2(CC3CCC2C3)Oc2ccc(Br)cc21. The van der Waals surface area contributed by atoms with Gasteiger partial charge in [0, 0.05) is 16.5 Å². The van der Waals surface area contributed by atoms with Crippen LogP contribution >= 0.6 is 15.9 Å². The van der Waals surface area contributed by atoms with Gasteiger partial charge in [0.25, 0.3) is 0 Å². The number of ether oxygens (including phenoxy) is 1. The van der Waals surface area contributed by atoms with Gasteiger partial charge in [0.1, 0.15) is 11.4 Å². The smallest absolute Gasteiger partial charge is 0.126 e. The number of hydrogen-bond acceptors (Lipinski definition) is 2. The lowest BCUT2D eigenvalue weighted by Gasteiger charge is -2.43. The number of aliphatic hydroxyl groups is 1. The average molecular weight is 309 g/mol. The molecule has 4 atom stereocenters. The lowest BCUT2D eigenvalue weighted by atomic mass is 9.77. The van der Waals surface area contributed by atoms with E-state index in [0.29, 0.717) is 5.92 Å².